The summed E-state index contributed by atoms with van der Waals surface area (Å²) in [6.45, 7) is 3.40. The average Bonchev–Trinajstić information content (AvgIpc) is 2.67. The SMILES string of the molecule is Cc1coc(Sc2ccc(C(C)O)cc2F)n1. The number of aromatic nitrogens is 1. The van der Waals surface area contributed by atoms with Crippen molar-refractivity contribution < 1.29 is 13.9 Å². The van der Waals surface area contributed by atoms with E-state index in [2.05, 4.69) is 4.98 Å². The number of aryl methyl sites for hydroxylation is 1. The third-order valence-electron chi connectivity index (χ3n) is 2.23. The molecule has 2 rings (SSSR count). The molecule has 0 aliphatic heterocycles. The summed E-state index contributed by atoms with van der Waals surface area (Å²) >= 11 is 1.12. The van der Waals surface area contributed by atoms with Gasteiger partial charge in [-0.2, -0.15) is 0 Å². The zero-order valence-corrected chi connectivity index (χ0v) is 10.3. The zero-order valence-electron chi connectivity index (χ0n) is 9.48. The first kappa shape index (κ1) is 12.1. The second-order valence-electron chi connectivity index (χ2n) is 3.72. The van der Waals surface area contributed by atoms with Gasteiger partial charge in [0.05, 0.1) is 16.7 Å². The van der Waals surface area contributed by atoms with Crippen molar-refractivity contribution in [3.63, 3.8) is 0 Å². The van der Waals surface area contributed by atoms with Crippen LogP contribution in [0.5, 0.6) is 0 Å². The number of aliphatic hydroxyl groups is 1. The number of hydrogen-bond donors (Lipinski definition) is 1. The fourth-order valence-corrected chi connectivity index (χ4v) is 2.10. The maximum atomic E-state index is 13.7. The molecule has 0 amide bonds. The molecule has 0 saturated heterocycles. The van der Waals surface area contributed by atoms with Gasteiger partial charge in [0.2, 0.25) is 0 Å². The summed E-state index contributed by atoms with van der Waals surface area (Å²) in [6, 6.07) is 4.62. The van der Waals surface area contributed by atoms with Crippen molar-refractivity contribution in [1.29, 1.82) is 0 Å². The molecule has 0 radical (unpaired) electrons. The molecule has 0 fully saturated rings. The lowest BCUT2D eigenvalue weighted by Crippen LogP contribution is -1.92. The van der Waals surface area contributed by atoms with Crippen molar-refractivity contribution in [2.24, 2.45) is 0 Å². The quantitative estimate of drug-likeness (QED) is 0.911. The van der Waals surface area contributed by atoms with Gasteiger partial charge < -0.3 is 9.52 Å². The Balaban J connectivity index is 2.22. The minimum absolute atomic E-state index is 0.385. The average molecular weight is 253 g/mol. The lowest BCUT2D eigenvalue weighted by molar-refractivity contribution is 0.198. The van der Waals surface area contributed by atoms with Gasteiger partial charge in [-0.3, -0.25) is 0 Å². The van der Waals surface area contributed by atoms with E-state index in [1.54, 1.807) is 26.0 Å². The Labute approximate surface area is 103 Å². The molecule has 1 atom stereocenters. The summed E-state index contributed by atoms with van der Waals surface area (Å²) in [5.41, 5.74) is 1.31. The molecular formula is C12H12FNO2S. The van der Waals surface area contributed by atoms with Crippen LogP contribution in [0.1, 0.15) is 24.3 Å². The Bertz CT molecular complexity index is 525. The summed E-state index contributed by atoms with van der Waals surface area (Å²) in [4.78, 5) is 4.51. The van der Waals surface area contributed by atoms with E-state index in [0.717, 1.165) is 17.5 Å². The third-order valence-corrected chi connectivity index (χ3v) is 3.15. The van der Waals surface area contributed by atoms with E-state index in [9.17, 15) is 9.50 Å². The van der Waals surface area contributed by atoms with E-state index in [-0.39, 0.29) is 5.82 Å². The van der Waals surface area contributed by atoms with Crippen LogP contribution in [0.2, 0.25) is 0 Å². The standard InChI is InChI=1S/C12H12FNO2S/c1-7-6-16-12(14-7)17-11-4-3-9(8(2)15)5-10(11)13/h3-6,8,15H,1-2H3. The Morgan fingerprint density at radius 1 is 1.47 bits per heavy atom. The molecule has 1 N–H and O–H groups in total. The Hall–Kier alpha value is -1.33. The predicted octanol–water partition coefficient (Wildman–Crippen LogP) is 3.33. The van der Waals surface area contributed by atoms with Gasteiger partial charge in [-0.05, 0) is 43.3 Å². The highest BCUT2D eigenvalue weighted by molar-refractivity contribution is 7.99. The molecule has 3 nitrogen and oxygen atoms in total. The van der Waals surface area contributed by atoms with E-state index >= 15 is 0 Å². The predicted molar refractivity (Wildman–Crippen MR) is 62.4 cm³/mol. The summed E-state index contributed by atoms with van der Waals surface area (Å²) in [7, 11) is 0. The zero-order chi connectivity index (χ0) is 12.4. The van der Waals surface area contributed by atoms with E-state index in [0.29, 0.717) is 15.7 Å². The second-order valence-corrected chi connectivity index (χ2v) is 4.72. The molecule has 2 aromatic rings. The van der Waals surface area contributed by atoms with Gasteiger partial charge in [0.25, 0.3) is 5.22 Å². The smallest absolute Gasteiger partial charge is 0.260 e. The second kappa shape index (κ2) is 4.89. The van der Waals surface area contributed by atoms with Crippen LogP contribution in [0, 0.1) is 12.7 Å². The first-order chi connectivity index (χ1) is 8.06. The molecule has 17 heavy (non-hydrogen) atoms. The van der Waals surface area contributed by atoms with Crippen molar-refractivity contribution in [3.8, 4) is 0 Å². The lowest BCUT2D eigenvalue weighted by atomic mass is 10.1. The number of rotatable bonds is 3. The van der Waals surface area contributed by atoms with E-state index in [4.69, 9.17) is 4.42 Å². The number of benzene rings is 1. The van der Waals surface area contributed by atoms with Crippen molar-refractivity contribution >= 4 is 11.8 Å². The van der Waals surface area contributed by atoms with E-state index in [1.807, 2.05) is 0 Å². The molecule has 90 valence electrons. The van der Waals surface area contributed by atoms with Crippen molar-refractivity contribution in [3.05, 3.63) is 41.5 Å². The highest BCUT2D eigenvalue weighted by Gasteiger charge is 2.10. The summed E-state index contributed by atoms with van der Waals surface area (Å²) in [5.74, 6) is -0.385. The van der Waals surface area contributed by atoms with Crippen LogP contribution >= 0.6 is 11.8 Å². The molecule has 0 aliphatic carbocycles. The van der Waals surface area contributed by atoms with Crippen molar-refractivity contribution in [1.82, 2.24) is 4.98 Å². The highest BCUT2D eigenvalue weighted by Crippen LogP contribution is 2.30. The fourth-order valence-electron chi connectivity index (χ4n) is 1.33. The van der Waals surface area contributed by atoms with Gasteiger partial charge >= 0.3 is 0 Å². The minimum Gasteiger partial charge on any atom is -0.439 e. The molecule has 1 aromatic heterocycles. The monoisotopic (exact) mass is 253 g/mol. The Kier molecular flexibility index (Phi) is 3.49. The molecule has 1 aromatic carbocycles. The van der Waals surface area contributed by atoms with Gasteiger partial charge in [0.1, 0.15) is 12.1 Å². The van der Waals surface area contributed by atoms with Crippen LogP contribution in [-0.2, 0) is 0 Å². The van der Waals surface area contributed by atoms with Crippen LogP contribution in [-0.4, -0.2) is 10.1 Å². The number of nitrogens with zero attached hydrogens (tertiary/aromatic N) is 1. The van der Waals surface area contributed by atoms with Gasteiger partial charge in [-0.1, -0.05) is 6.07 Å². The van der Waals surface area contributed by atoms with Crippen LogP contribution in [0.3, 0.4) is 0 Å². The van der Waals surface area contributed by atoms with Crippen LogP contribution in [0.25, 0.3) is 0 Å². The highest BCUT2D eigenvalue weighted by atomic mass is 32.2. The third kappa shape index (κ3) is 2.87. The Morgan fingerprint density at radius 2 is 2.24 bits per heavy atom. The maximum Gasteiger partial charge on any atom is 0.260 e. The molecular weight excluding hydrogens is 241 g/mol. The van der Waals surface area contributed by atoms with Gasteiger partial charge in [0, 0.05) is 0 Å². The molecule has 1 unspecified atom stereocenters. The fraction of sp³-hybridized carbons (Fsp3) is 0.250. The van der Waals surface area contributed by atoms with Crippen LogP contribution in [0.15, 0.2) is 39.0 Å². The van der Waals surface area contributed by atoms with Gasteiger partial charge in [0.15, 0.2) is 0 Å². The molecule has 0 saturated carbocycles. The summed E-state index contributed by atoms with van der Waals surface area (Å²) in [6.07, 6.45) is 0.845. The molecule has 5 heteroatoms. The lowest BCUT2D eigenvalue weighted by Gasteiger charge is -2.06. The summed E-state index contributed by atoms with van der Waals surface area (Å²) < 4.78 is 18.8. The molecule has 1 heterocycles. The van der Waals surface area contributed by atoms with Crippen LogP contribution in [0.4, 0.5) is 4.39 Å². The number of aliphatic hydroxyl groups excluding tert-OH is 1. The largest absolute Gasteiger partial charge is 0.439 e. The number of halogens is 1. The number of hydrogen-bond acceptors (Lipinski definition) is 4. The molecule has 0 bridgehead atoms. The van der Waals surface area contributed by atoms with Gasteiger partial charge in [-0.25, -0.2) is 9.37 Å². The minimum atomic E-state index is -0.674. The van der Waals surface area contributed by atoms with Crippen molar-refractivity contribution in [2.75, 3.05) is 0 Å². The Morgan fingerprint density at radius 3 is 2.76 bits per heavy atom. The summed E-state index contributed by atoms with van der Waals surface area (Å²) in [5, 5.41) is 9.74. The van der Waals surface area contributed by atoms with E-state index in [1.165, 1.54) is 12.3 Å². The molecule has 0 spiro atoms. The van der Waals surface area contributed by atoms with Gasteiger partial charge in [-0.15, -0.1) is 0 Å². The normalized spacial score (nSPS) is 12.7. The van der Waals surface area contributed by atoms with Crippen LogP contribution < -0.4 is 0 Å². The van der Waals surface area contributed by atoms with Crippen molar-refractivity contribution in [2.45, 2.75) is 30.1 Å². The number of oxazole rings is 1. The topological polar surface area (TPSA) is 46.3 Å². The van der Waals surface area contributed by atoms with E-state index < -0.39 is 6.10 Å². The maximum absolute atomic E-state index is 13.7. The molecule has 0 aliphatic rings. The first-order valence-electron chi connectivity index (χ1n) is 5.14. The first-order valence-corrected chi connectivity index (χ1v) is 5.95.